The highest BCUT2D eigenvalue weighted by atomic mass is 32.2. The summed E-state index contributed by atoms with van der Waals surface area (Å²) in [5.74, 6) is 1.11. The van der Waals surface area contributed by atoms with Gasteiger partial charge in [-0.25, -0.2) is 0 Å². The van der Waals surface area contributed by atoms with Gasteiger partial charge in [-0.3, -0.25) is 4.79 Å². The van der Waals surface area contributed by atoms with Crippen LogP contribution in [0.2, 0.25) is 0 Å². The Morgan fingerprint density at radius 3 is 2.79 bits per heavy atom. The Hall–Kier alpha value is -0.220. The van der Waals surface area contributed by atoms with Gasteiger partial charge in [0, 0.05) is 23.8 Å². The van der Waals surface area contributed by atoms with E-state index in [2.05, 4.69) is 20.8 Å². The minimum absolute atomic E-state index is 0.136. The Labute approximate surface area is 121 Å². The molecule has 0 aromatic carbocycles. The number of amides is 1. The summed E-state index contributed by atoms with van der Waals surface area (Å²) in [7, 11) is 0. The minimum Gasteiger partial charge on any atom is -0.389 e. The van der Waals surface area contributed by atoms with E-state index in [0.717, 1.165) is 38.8 Å². The Balaban J connectivity index is 1.88. The molecule has 1 saturated carbocycles. The van der Waals surface area contributed by atoms with Crippen molar-refractivity contribution in [1.82, 2.24) is 4.90 Å². The van der Waals surface area contributed by atoms with Gasteiger partial charge >= 0.3 is 0 Å². The summed E-state index contributed by atoms with van der Waals surface area (Å²) in [6, 6.07) is 0. The SMILES string of the molecule is CC(C)(C)SCC(=O)N1CCC2(O)CCCCC2C1. The van der Waals surface area contributed by atoms with E-state index in [4.69, 9.17) is 0 Å². The number of hydrogen-bond donors (Lipinski definition) is 1. The summed E-state index contributed by atoms with van der Waals surface area (Å²) in [6.07, 6.45) is 5.11. The predicted octanol–water partition coefficient (Wildman–Crippen LogP) is 2.67. The van der Waals surface area contributed by atoms with Crippen molar-refractivity contribution in [1.29, 1.82) is 0 Å². The van der Waals surface area contributed by atoms with Gasteiger partial charge < -0.3 is 10.0 Å². The highest BCUT2D eigenvalue weighted by Crippen LogP contribution is 2.40. The van der Waals surface area contributed by atoms with Crippen LogP contribution in [0.5, 0.6) is 0 Å². The third-order valence-corrected chi connectivity index (χ3v) is 5.67. The fraction of sp³-hybridized carbons (Fsp3) is 0.933. The van der Waals surface area contributed by atoms with Crippen LogP contribution in [0.3, 0.4) is 0 Å². The van der Waals surface area contributed by atoms with E-state index in [1.807, 2.05) is 4.90 Å². The second kappa shape index (κ2) is 5.65. The number of aliphatic hydroxyl groups is 1. The molecular formula is C15H27NO2S. The average Bonchev–Trinajstić information content (AvgIpc) is 2.34. The maximum absolute atomic E-state index is 12.2. The van der Waals surface area contributed by atoms with Gasteiger partial charge in [0.05, 0.1) is 11.4 Å². The lowest BCUT2D eigenvalue weighted by Gasteiger charge is -2.47. The van der Waals surface area contributed by atoms with Crippen molar-refractivity contribution in [2.45, 2.75) is 63.2 Å². The maximum Gasteiger partial charge on any atom is 0.232 e. The molecule has 2 aliphatic rings. The van der Waals surface area contributed by atoms with E-state index in [1.165, 1.54) is 6.42 Å². The Morgan fingerprint density at radius 1 is 1.37 bits per heavy atom. The van der Waals surface area contributed by atoms with Gasteiger partial charge in [0.1, 0.15) is 0 Å². The molecule has 3 nitrogen and oxygen atoms in total. The van der Waals surface area contributed by atoms with Gasteiger partial charge in [-0.2, -0.15) is 0 Å². The highest BCUT2D eigenvalue weighted by Gasteiger charge is 2.43. The number of nitrogens with zero attached hydrogens (tertiary/aromatic N) is 1. The third-order valence-electron chi connectivity index (χ3n) is 4.41. The van der Waals surface area contributed by atoms with Crippen molar-refractivity contribution in [2.24, 2.45) is 5.92 Å². The second-order valence-corrected chi connectivity index (χ2v) is 8.84. The topological polar surface area (TPSA) is 40.5 Å². The van der Waals surface area contributed by atoms with Crippen LogP contribution in [-0.4, -0.2) is 45.1 Å². The Morgan fingerprint density at radius 2 is 2.11 bits per heavy atom. The number of hydrogen-bond acceptors (Lipinski definition) is 3. The van der Waals surface area contributed by atoms with Crippen molar-refractivity contribution in [3.63, 3.8) is 0 Å². The van der Waals surface area contributed by atoms with Gasteiger partial charge in [-0.05, 0) is 19.3 Å². The summed E-state index contributed by atoms with van der Waals surface area (Å²) in [5.41, 5.74) is -0.480. The van der Waals surface area contributed by atoms with Crippen molar-refractivity contribution in [3.05, 3.63) is 0 Å². The lowest BCUT2D eigenvalue weighted by Crippen LogP contribution is -2.55. The summed E-state index contributed by atoms with van der Waals surface area (Å²) in [4.78, 5) is 14.2. The molecule has 2 atom stereocenters. The highest BCUT2D eigenvalue weighted by molar-refractivity contribution is 8.01. The molecule has 0 bridgehead atoms. The third kappa shape index (κ3) is 3.88. The van der Waals surface area contributed by atoms with Gasteiger partial charge in [0.15, 0.2) is 0 Å². The smallest absolute Gasteiger partial charge is 0.232 e. The molecule has 0 spiro atoms. The molecule has 1 N–H and O–H groups in total. The molecular weight excluding hydrogens is 258 g/mol. The second-order valence-electron chi connectivity index (χ2n) is 7.04. The number of carbonyl (C=O) groups is 1. The molecule has 19 heavy (non-hydrogen) atoms. The summed E-state index contributed by atoms with van der Waals surface area (Å²) in [5, 5.41) is 10.6. The van der Waals surface area contributed by atoms with E-state index in [9.17, 15) is 9.90 Å². The molecule has 1 aliphatic carbocycles. The van der Waals surface area contributed by atoms with E-state index in [0.29, 0.717) is 11.7 Å². The van der Waals surface area contributed by atoms with E-state index in [-0.39, 0.29) is 10.7 Å². The molecule has 1 heterocycles. The van der Waals surface area contributed by atoms with Gasteiger partial charge in [0.2, 0.25) is 5.91 Å². The van der Waals surface area contributed by atoms with Crippen molar-refractivity contribution >= 4 is 17.7 Å². The van der Waals surface area contributed by atoms with Crippen LogP contribution in [0.1, 0.15) is 52.9 Å². The maximum atomic E-state index is 12.2. The quantitative estimate of drug-likeness (QED) is 0.848. The van der Waals surface area contributed by atoms with E-state index in [1.54, 1.807) is 11.8 Å². The monoisotopic (exact) mass is 285 g/mol. The molecule has 2 rings (SSSR count). The van der Waals surface area contributed by atoms with Crippen LogP contribution in [0.15, 0.2) is 0 Å². The van der Waals surface area contributed by atoms with Crippen LogP contribution in [0, 0.1) is 5.92 Å². The van der Waals surface area contributed by atoms with Crippen molar-refractivity contribution in [2.75, 3.05) is 18.8 Å². The fourth-order valence-corrected chi connectivity index (χ4v) is 3.91. The van der Waals surface area contributed by atoms with Gasteiger partial charge in [-0.1, -0.05) is 33.6 Å². The zero-order valence-corrected chi connectivity index (χ0v) is 13.3. The van der Waals surface area contributed by atoms with Crippen LogP contribution in [0.4, 0.5) is 0 Å². The van der Waals surface area contributed by atoms with E-state index < -0.39 is 5.60 Å². The first kappa shape index (κ1) is 15.2. The van der Waals surface area contributed by atoms with Crippen molar-refractivity contribution in [3.8, 4) is 0 Å². The summed E-state index contributed by atoms with van der Waals surface area (Å²) in [6.45, 7) is 7.92. The molecule has 1 saturated heterocycles. The number of rotatable bonds is 2. The van der Waals surface area contributed by atoms with Crippen LogP contribution < -0.4 is 0 Å². The molecule has 2 unspecified atom stereocenters. The first-order valence-corrected chi connectivity index (χ1v) is 8.43. The van der Waals surface area contributed by atoms with Crippen LogP contribution in [0.25, 0.3) is 0 Å². The molecule has 1 aliphatic heterocycles. The van der Waals surface area contributed by atoms with Crippen molar-refractivity contribution < 1.29 is 9.90 Å². The number of thioether (sulfide) groups is 1. The number of likely N-dealkylation sites (tertiary alicyclic amines) is 1. The van der Waals surface area contributed by atoms with Crippen LogP contribution in [-0.2, 0) is 4.79 Å². The normalized spacial score (nSPS) is 32.0. The molecule has 0 radical (unpaired) electrons. The Kier molecular flexibility index (Phi) is 4.51. The molecule has 0 aromatic rings. The summed E-state index contributed by atoms with van der Waals surface area (Å²) < 4.78 is 0.136. The lowest BCUT2D eigenvalue weighted by molar-refractivity contribution is -0.140. The zero-order valence-electron chi connectivity index (χ0n) is 12.4. The molecule has 0 aromatic heterocycles. The first-order chi connectivity index (χ1) is 8.80. The standard InChI is InChI=1S/C15H27NO2S/c1-14(2,3)19-11-13(17)16-9-8-15(18)7-5-4-6-12(15)10-16/h12,18H,4-11H2,1-3H3. The van der Waals surface area contributed by atoms with Gasteiger partial charge in [0.25, 0.3) is 0 Å². The summed E-state index contributed by atoms with van der Waals surface area (Å²) >= 11 is 1.71. The Bertz CT molecular complexity index is 340. The molecule has 110 valence electrons. The molecule has 4 heteroatoms. The van der Waals surface area contributed by atoms with E-state index >= 15 is 0 Å². The number of fused-ring (bicyclic) bond motifs is 1. The number of carbonyl (C=O) groups excluding carboxylic acids is 1. The average molecular weight is 285 g/mol. The fourth-order valence-electron chi connectivity index (χ4n) is 3.17. The molecule has 1 amide bonds. The first-order valence-electron chi connectivity index (χ1n) is 7.44. The lowest BCUT2D eigenvalue weighted by atomic mass is 9.71. The van der Waals surface area contributed by atoms with Gasteiger partial charge in [-0.15, -0.1) is 11.8 Å². The number of piperidine rings is 1. The molecule has 2 fully saturated rings. The van der Waals surface area contributed by atoms with Crippen LogP contribution >= 0.6 is 11.8 Å². The largest absolute Gasteiger partial charge is 0.389 e. The zero-order chi connectivity index (χ0) is 14.1. The predicted molar refractivity (Wildman–Crippen MR) is 80.3 cm³/mol. The minimum atomic E-state index is -0.480.